The third-order valence-electron chi connectivity index (χ3n) is 9.13. The number of benzene rings is 4. The molecule has 1 N–H and O–H groups in total. The van der Waals surface area contributed by atoms with E-state index in [0.717, 1.165) is 10.6 Å². The van der Waals surface area contributed by atoms with Gasteiger partial charge in [-0.2, -0.15) is 10.5 Å². The Hall–Kier alpha value is -6.51. The molecule has 274 valence electrons. The number of nitriles is 2. The number of furan rings is 1. The lowest BCUT2D eigenvalue weighted by molar-refractivity contribution is 0.0686. The molecule has 1 aliphatic heterocycles. The van der Waals surface area contributed by atoms with E-state index >= 15 is 0 Å². The molecule has 54 heavy (non-hydrogen) atoms. The first-order chi connectivity index (χ1) is 26.0. The van der Waals surface area contributed by atoms with Gasteiger partial charge in [-0.15, -0.1) is 0 Å². The van der Waals surface area contributed by atoms with E-state index in [2.05, 4.69) is 5.32 Å². The van der Waals surface area contributed by atoms with Crippen LogP contribution in [-0.4, -0.2) is 82.7 Å². The first-order valence-corrected chi connectivity index (χ1v) is 18.7. The summed E-state index contributed by atoms with van der Waals surface area (Å²) in [5.41, 5.74) is 2.89. The van der Waals surface area contributed by atoms with Crippen LogP contribution in [-0.2, 0) is 10.0 Å². The summed E-state index contributed by atoms with van der Waals surface area (Å²) in [5.74, 6) is -1.19. The molecule has 0 aliphatic carbocycles. The van der Waals surface area contributed by atoms with Gasteiger partial charge in [0, 0.05) is 61.4 Å². The highest BCUT2D eigenvalue weighted by atomic mass is 32.2. The molecule has 4 aromatic carbocycles. The van der Waals surface area contributed by atoms with Crippen molar-refractivity contribution in [1.29, 1.82) is 10.5 Å². The van der Waals surface area contributed by atoms with Crippen molar-refractivity contribution in [2.45, 2.75) is 0 Å². The Labute approximate surface area is 311 Å². The molecule has 2 amide bonds. The molecule has 14 heteroatoms. The molecule has 0 unspecified atom stereocenters. The highest BCUT2D eigenvalue weighted by Gasteiger charge is 2.29. The molecule has 0 saturated carbocycles. The predicted molar refractivity (Wildman–Crippen MR) is 201 cm³/mol. The number of allylic oxidation sites excluding steroid dienone is 1. The van der Waals surface area contributed by atoms with Crippen LogP contribution in [0.4, 0.5) is 14.5 Å². The number of nitrogens with zero attached hydrogens (tertiary/aromatic N) is 5. The minimum Gasteiger partial charge on any atom is -0.455 e. The fraction of sp³-hybridized carbons (Fsp3) is 0.200. The van der Waals surface area contributed by atoms with Crippen LogP contribution in [0.1, 0.15) is 26.3 Å². The van der Waals surface area contributed by atoms with E-state index < -0.39 is 35.0 Å². The number of anilines is 1. The van der Waals surface area contributed by atoms with Crippen LogP contribution in [0.3, 0.4) is 0 Å². The summed E-state index contributed by atoms with van der Waals surface area (Å²) in [7, 11) is -2.60. The second-order valence-corrected chi connectivity index (χ2v) is 14.4. The molecule has 0 radical (unpaired) electrons. The van der Waals surface area contributed by atoms with Crippen molar-refractivity contribution >= 4 is 44.2 Å². The molecule has 6 rings (SSSR count). The fourth-order valence-electron chi connectivity index (χ4n) is 6.61. The largest absolute Gasteiger partial charge is 0.455 e. The highest BCUT2D eigenvalue weighted by Crippen LogP contribution is 2.42. The summed E-state index contributed by atoms with van der Waals surface area (Å²) in [4.78, 5) is 30.9. The number of carbonyl (C=O) groups is 2. The van der Waals surface area contributed by atoms with Crippen LogP contribution in [0.2, 0.25) is 0 Å². The lowest BCUT2D eigenvalue weighted by atomic mass is 9.97. The number of sulfonamides is 1. The number of halogens is 2. The van der Waals surface area contributed by atoms with Crippen molar-refractivity contribution < 1.29 is 31.2 Å². The number of piperazine rings is 1. The van der Waals surface area contributed by atoms with E-state index in [0.29, 0.717) is 46.4 Å². The Balaban J connectivity index is 1.41. The number of amides is 2. The SMILES string of the molecule is CNC(=O)c1c(-c2ccc(F)cc2)oc2cc(N(CCF)S(C)(=O)=O)c(-c3cccc(C(=O)N4CCN(C(=C(C#N)C#N)c5ccccc5)CC4)c3)cc12. The fourth-order valence-corrected chi connectivity index (χ4v) is 7.52. The molecule has 0 atom stereocenters. The van der Waals surface area contributed by atoms with Crippen LogP contribution >= 0.6 is 0 Å². The van der Waals surface area contributed by atoms with Crippen molar-refractivity contribution in [1.82, 2.24) is 15.1 Å². The van der Waals surface area contributed by atoms with E-state index in [1.54, 1.807) is 35.2 Å². The maximum absolute atomic E-state index is 14.0. The summed E-state index contributed by atoms with van der Waals surface area (Å²) in [6.45, 7) is -0.217. The predicted octanol–water partition coefficient (Wildman–Crippen LogP) is 6.22. The summed E-state index contributed by atoms with van der Waals surface area (Å²) >= 11 is 0. The van der Waals surface area contributed by atoms with Crippen LogP contribution in [0.25, 0.3) is 39.1 Å². The average Bonchev–Trinajstić information content (AvgIpc) is 3.56. The summed E-state index contributed by atoms with van der Waals surface area (Å²) in [6, 6.07) is 28.0. The second-order valence-electron chi connectivity index (χ2n) is 12.5. The lowest BCUT2D eigenvalue weighted by Crippen LogP contribution is -2.48. The molecule has 0 spiro atoms. The van der Waals surface area contributed by atoms with Gasteiger partial charge in [0.25, 0.3) is 11.8 Å². The Morgan fingerprint density at radius 3 is 2.13 bits per heavy atom. The molecule has 1 aromatic heterocycles. The van der Waals surface area contributed by atoms with Gasteiger partial charge in [-0.25, -0.2) is 17.2 Å². The minimum absolute atomic E-state index is 0.0284. The Kier molecular flexibility index (Phi) is 10.8. The topological polar surface area (TPSA) is 151 Å². The number of carbonyl (C=O) groups excluding carboxylic acids is 2. The molecule has 2 heterocycles. The molecule has 1 aliphatic rings. The second kappa shape index (κ2) is 15.6. The van der Waals surface area contributed by atoms with Gasteiger partial charge < -0.3 is 19.5 Å². The summed E-state index contributed by atoms with van der Waals surface area (Å²) < 4.78 is 60.9. The van der Waals surface area contributed by atoms with Crippen LogP contribution in [0.5, 0.6) is 0 Å². The number of rotatable bonds is 10. The average molecular weight is 749 g/mol. The Bertz CT molecular complexity index is 2450. The number of nitrogens with one attached hydrogen (secondary N) is 1. The third kappa shape index (κ3) is 7.38. The normalized spacial score (nSPS) is 12.9. The minimum atomic E-state index is -4.04. The van der Waals surface area contributed by atoms with Gasteiger partial charge in [-0.05, 0) is 53.6 Å². The van der Waals surface area contributed by atoms with E-state index in [4.69, 9.17) is 4.42 Å². The third-order valence-corrected chi connectivity index (χ3v) is 10.3. The van der Waals surface area contributed by atoms with E-state index in [9.17, 15) is 37.3 Å². The zero-order valence-corrected chi connectivity index (χ0v) is 30.2. The van der Waals surface area contributed by atoms with Crippen molar-refractivity contribution in [3.8, 4) is 34.6 Å². The van der Waals surface area contributed by atoms with Crippen molar-refractivity contribution in [3.63, 3.8) is 0 Å². The zero-order valence-electron chi connectivity index (χ0n) is 29.3. The maximum atomic E-state index is 14.0. The van der Waals surface area contributed by atoms with Gasteiger partial charge in [-0.3, -0.25) is 13.9 Å². The van der Waals surface area contributed by atoms with Crippen molar-refractivity contribution in [2.24, 2.45) is 0 Å². The molecular formula is C40H34F2N6O5S. The first-order valence-electron chi connectivity index (χ1n) is 16.9. The smallest absolute Gasteiger partial charge is 0.255 e. The molecule has 1 fully saturated rings. The Morgan fingerprint density at radius 2 is 1.52 bits per heavy atom. The molecule has 11 nitrogen and oxygen atoms in total. The van der Waals surface area contributed by atoms with Gasteiger partial charge in [0.2, 0.25) is 10.0 Å². The summed E-state index contributed by atoms with van der Waals surface area (Å²) in [6.07, 6.45) is 0.951. The first kappa shape index (κ1) is 37.3. The molecule has 5 aromatic rings. The van der Waals surface area contributed by atoms with Gasteiger partial charge in [0.1, 0.15) is 36.0 Å². The number of fused-ring (bicyclic) bond motifs is 1. The van der Waals surface area contributed by atoms with Gasteiger partial charge in [0.15, 0.2) is 5.57 Å². The zero-order chi connectivity index (χ0) is 38.6. The maximum Gasteiger partial charge on any atom is 0.255 e. The van der Waals surface area contributed by atoms with Crippen LogP contribution in [0, 0.1) is 28.5 Å². The van der Waals surface area contributed by atoms with Crippen molar-refractivity contribution in [3.05, 3.63) is 119 Å². The monoisotopic (exact) mass is 748 g/mol. The lowest BCUT2D eigenvalue weighted by Gasteiger charge is -2.37. The Morgan fingerprint density at radius 1 is 0.870 bits per heavy atom. The molecule has 0 bridgehead atoms. The number of hydrogen-bond donors (Lipinski definition) is 1. The highest BCUT2D eigenvalue weighted by molar-refractivity contribution is 7.92. The summed E-state index contributed by atoms with van der Waals surface area (Å²) in [5, 5.41) is 22.3. The molecular weight excluding hydrogens is 715 g/mol. The van der Waals surface area contributed by atoms with Crippen LogP contribution < -0.4 is 9.62 Å². The van der Waals surface area contributed by atoms with E-state index in [1.165, 1.54) is 37.4 Å². The molecule has 1 saturated heterocycles. The van der Waals surface area contributed by atoms with Gasteiger partial charge >= 0.3 is 0 Å². The standard InChI is InChI=1S/C40H34F2N6O5S/c1-45-39(49)36-33-22-32(34(48(16-15-41)54(2,51)52)23-35(33)53-38(36)27-11-13-31(42)14-12-27)28-9-6-10-29(21-28)40(50)47-19-17-46(18-20-47)37(30(24-43)25-44)26-7-4-3-5-8-26/h3-14,21-23H,15-20H2,1-2H3,(H,45,49). The van der Waals surface area contributed by atoms with E-state index in [-0.39, 0.29) is 52.7 Å². The van der Waals surface area contributed by atoms with Crippen LogP contribution in [0.15, 0.2) is 101 Å². The number of alkyl halides is 1. The van der Waals surface area contributed by atoms with E-state index in [1.807, 2.05) is 47.4 Å². The number of hydrogen-bond acceptors (Lipinski definition) is 8. The quantitative estimate of drug-likeness (QED) is 0.166. The van der Waals surface area contributed by atoms with Gasteiger partial charge in [0.05, 0.1) is 29.7 Å². The van der Waals surface area contributed by atoms with Crippen molar-refractivity contribution in [2.75, 3.05) is 57.0 Å². The van der Waals surface area contributed by atoms with Gasteiger partial charge in [-0.1, -0.05) is 42.5 Å².